The first-order valence-corrected chi connectivity index (χ1v) is 8.60. The number of nitrogens with two attached hydrogens (primary N) is 1. The molecule has 0 amide bonds. The normalized spacial score (nSPS) is 13.9. The molecule has 18 heavy (non-hydrogen) atoms. The van der Waals surface area contributed by atoms with Crippen molar-refractivity contribution in [1.29, 1.82) is 0 Å². The van der Waals surface area contributed by atoms with Gasteiger partial charge in [-0.25, -0.2) is 13.4 Å². The van der Waals surface area contributed by atoms with Crippen LogP contribution in [0.4, 0.5) is 0 Å². The van der Waals surface area contributed by atoms with Crippen LogP contribution in [0.1, 0.15) is 17.5 Å². The summed E-state index contributed by atoms with van der Waals surface area (Å²) in [6.45, 7) is 0. The summed E-state index contributed by atoms with van der Waals surface area (Å²) >= 11 is 7.36. The van der Waals surface area contributed by atoms with Crippen molar-refractivity contribution in [3.63, 3.8) is 0 Å². The fourth-order valence-corrected chi connectivity index (χ4v) is 3.37. The Balaban J connectivity index is 2.20. The van der Waals surface area contributed by atoms with Crippen LogP contribution in [0.25, 0.3) is 10.2 Å². The van der Waals surface area contributed by atoms with E-state index in [0.717, 1.165) is 15.2 Å². The summed E-state index contributed by atoms with van der Waals surface area (Å²) in [5, 5.41) is 1.37. The first-order chi connectivity index (χ1) is 8.35. The average molecular weight is 305 g/mol. The summed E-state index contributed by atoms with van der Waals surface area (Å²) in [6.07, 6.45) is 1.59. The predicted octanol–water partition coefficient (Wildman–Crippen LogP) is 2.38. The predicted molar refractivity (Wildman–Crippen MR) is 75.9 cm³/mol. The Bertz CT molecular complexity index is 667. The zero-order valence-corrected chi connectivity index (χ0v) is 12.1. The fourth-order valence-electron chi connectivity index (χ4n) is 1.54. The molecule has 1 atom stereocenters. The number of halogens is 1. The van der Waals surface area contributed by atoms with Crippen LogP contribution in [0.2, 0.25) is 5.02 Å². The molecule has 98 valence electrons. The van der Waals surface area contributed by atoms with E-state index in [0.29, 0.717) is 11.4 Å². The molecular formula is C11H13ClN2O2S2. The molecule has 0 saturated heterocycles. The van der Waals surface area contributed by atoms with E-state index in [4.69, 9.17) is 17.3 Å². The number of nitrogens with zero attached hydrogens (tertiary/aromatic N) is 1. The maximum atomic E-state index is 11.1. The van der Waals surface area contributed by atoms with Gasteiger partial charge in [0.1, 0.15) is 14.8 Å². The molecule has 0 radical (unpaired) electrons. The molecule has 1 aromatic heterocycles. The van der Waals surface area contributed by atoms with Crippen LogP contribution in [0.3, 0.4) is 0 Å². The van der Waals surface area contributed by atoms with Crippen LogP contribution in [-0.4, -0.2) is 25.4 Å². The van der Waals surface area contributed by atoms with E-state index >= 15 is 0 Å². The van der Waals surface area contributed by atoms with Crippen molar-refractivity contribution in [3.05, 3.63) is 28.2 Å². The van der Waals surface area contributed by atoms with Crippen molar-refractivity contribution in [2.75, 3.05) is 12.0 Å². The van der Waals surface area contributed by atoms with Gasteiger partial charge in [-0.15, -0.1) is 11.3 Å². The summed E-state index contributed by atoms with van der Waals surface area (Å²) in [4.78, 5) is 4.39. The van der Waals surface area contributed by atoms with Crippen LogP contribution in [-0.2, 0) is 9.84 Å². The SMILES string of the molecule is CS(=O)(=O)CCC(N)c1nc2cc(Cl)ccc2s1. The van der Waals surface area contributed by atoms with Crippen molar-refractivity contribution in [1.82, 2.24) is 4.98 Å². The topological polar surface area (TPSA) is 73.0 Å². The third-order valence-corrected chi connectivity index (χ3v) is 4.86. The number of aromatic nitrogens is 1. The summed E-state index contributed by atoms with van der Waals surface area (Å²) in [5.41, 5.74) is 6.76. The van der Waals surface area contributed by atoms with E-state index in [1.54, 1.807) is 12.1 Å². The Morgan fingerprint density at radius 2 is 2.22 bits per heavy atom. The number of hydrogen-bond acceptors (Lipinski definition) is 5. The first-order valence-electron chi connectivity index (χ1n) is 5.34. The van der Waals surface area contributed by atoms with E-state index < -0.39 is 9.84 Å². The molecule has 0 bridgehead atoms. The van der Waals surface area contributed by atoms with Gasteiger partial charge in [0.25, 0.3) is 0 Å². The first kappa shape index (κ1) is 13.7. The smallest absolute Gasteiger partial charge is 0.147 e. The van der Waals surface area contributed by atoms with Gasteiger partial charge in [-0.3, -0.25) is 0 Å². The van der Waals surface area contributed by atoms with E-state index in [1.165, 1.54) is 17.6 Å². The molecule has 0 aliphatic carbocycles. The minimum atomic E-state index is -2.99. The molecule has 1 heterocycles. The van der Waals surface area contributed by atoms with E-state index in [1.807, 2.05) is 6.07 Å². The molecule has 2 aromatic rings. The lowest BCUT2D eigenvalue weighted by Gasteiger charge is -2.06. The molecule has 7 heteroatoms. The van der Waals surface area contributed by atoms with Gasteiger partial charge in [0.05, 0.1) is 22.0 Å². The Hall–Kier alpha value is -0.690. The highest BCUT2D eigenvalue weighted by Gasteiger charge is 2.14. The Kier molecular flexibility index (Phi) is 3.91. The second kappa shape index (κ2) is 5.13. The molecular weight excluding hydrogens is 292 g/mol. The van der Waals surface area contributed by atoms with Gasteiger partial charge in [0.15, 0.2) is 0 Å². The molecule has 0 spiro atoms. The highest BCUT2D eigenvalue weighted by Crippen LogP contribution is 2.28. The number of benzene rings is 1. The summed E-state index contributed by atoms with van der Waals surface area (Å²) < 4.78 is 23.2. The standard InChI is InChI=1S/C11H13ClN2O2S2/c1-18(15,16)5-4-8(13)11-14-9-6-7(12)2-3-10(9)17-11/h2-3,6,8H,4-5,13H2,1H3. The van der Waals surface area contributed by atoms with Gasteiger partial charge in [0, 0.05) is 11.3 Å². The van der Waals surface area contributed by atoms with Crippen molar-refractivity contribution >= 4 is 43.0 Å². The number of hydrogen-bond donors (Lipinski definition) is 1. The van der Waals surface area contributed by atoms with Gasteiger partial charge < -0.3 is 5.73 Å². The molecule has 0 aliphatic rings. The highest BCUT2D eigenvalue weighted by atomic mass is 35.5. The summed E-state index contributed by atoms with van der Waals surface area (Å²) in [7, 11) is -2.99. The molecule has 2 rings (SSSR count). The van der Waals surface area contributed by atoms with Gasteiger partial charge in [-0.1, -0.05) is 11.6 Å². The van der Waals surface area contributed by atoms with Crippen LogP contribution >= 0.6 is 22.9 Å². The second-order valence-electron chi connectivity index (χ2n) is 4.19. The molecule has 1 aromatic carbocycles. The zero-order valence-electron chi connectivity index (χ0n) is 9.76. The summed E-state index contributed by atoms with van der Waals surface area (Å²) in [5.74, 6) is 0.0743. The minimum absolute atomic E-state index is 0.0743. The molecule has 4 nitrogen and oxygen atoms in total. The lowest BCUT2D eigenvalue weighted by atomic mass is 10.2. The molecule has 1 unspecified atom stereocenters. The minimum Gasteiger partial charge on any atom is -0.322 e. The Labute approximate surface area is 115 Å². The van der Waals surface area contributed by atoms with E-state index in [9.17, 15) is 8.42 Å². The van der Waals surface area contributed by atoms with Crippen LogP contribution in [0.15, 0.2) is 18.2 Å². The van der Waals surface area contributed by atoms with Gasteiger partial charge in [-0.2, -0.15) is 0 Å². The zero-order chi connectivity index (χ0) is 13.3. The number of rotatable bonds is 4. The monoisotopic (exact) mass is 304 g/mol. The lowest BCUT2D eigenvalue weighted by Crippen LogP contribution is -2.15. The average Bonchev–Trinajstić information content (AvgIpc) is 2.67. The van der Waals surface area contributed by atoms with E-state index in [-0.39, 0.29) is 11.8 Å². The molecule has 0 saturated carbocycles. The maximum absolute atomic E-state index is 11.1. The summed E-state index contributed by atoms with van der Waals surface area (Å²) in [6, 6.07) is 5.12. The van der Waals surface area contributed by atoms with Crippen molar-refractivity contribution in [3.8, 4) is 0 Å². The van der Waals surface area contributed by atoms with Crippen LogP contribution < -0.4 is 5.73 Å². The van der Waals surface area contributed by atoms with Crippen molar-refractivity contribution in [2.45, 2.75) is 12.5 Å². The van der Waals surface area contributed by atoms with Crippen molar-refractivity contribution < 1.29 is 8.42 Å². The molecule has 2 N–H and O–H groups in total. The lowest BCUT2D eigenvalue weighted by molar-refractivity contribution is 0.591. The Morgan fingerprint density at radius 1 is 1.50 bits per heavy atom. The van der Waals surface area contributed by atoms with Gasteiger partial charge in [0.2, 0.25) is 0 Å². The maximum Gasteiger partial charge on any atom is 0.147 e. The third kappa shape index (κ3) is 3.41. The number of thiazole rings is 1. The van der Waals surface area contributed by atoms with Gasteiger partial charge >= 0.3 is 0 Å². The molecule has 0 aliphatic heterocycles. The molecule has 0 fully saturated rings. The highest BCUT2D eigenvalue weighted by molar-refractivity contribution is 7.90. The Morgan fingerprint density at radius 3 is 2.89 bits per heavy atom. The second-order valence-corrected chi connectivity index (χ2v) is 7.95. The largest absolute Gasteiger partial charge is 0.322 e. The quantitative estimate of drug-likeness (QED) is 0.941. The third-order valence-electron chi connectivity index (χ3n) is 2.48. The van der Waals surface area contributed by atoms with Crippen LogP contribution in [0.5, 0.6) is 0 Å². The van der Waals surface area contributed by atoms with Crippen LogP contribution in [0, 0.1) is 0 Å². The number of fused-ring (bicyclic) bond motifs is 1. The fraction of sp³-hybridized carbons (Fsp3) is 0.364. The van der Waals surface area contributed by atoms with Gasteiger partial charge in [-0.05, 0) is 24.6 Å². The van der Waals surface area contributed by atoms with E-state index in [2.05, 4.69) is 4.98 Å². The van der Waals surface area contributed by atoms with Crippen molar-refractivity contribution in [2.24, 2.45) is 5.73 Å². The number of sulfone groups is 1.